The Kier molecular flexibility index (Phi) is 4.84. The molecule has 1 aromatic heterocycles. The average molecular weight is 303 g/mol. The molecule has 2 atom stereocenters. The van der Waals surface area contributed by atoms with Gasteiger partial charge in [0.05, 0.1) is 11.8 Å². The summed E-state index contributed by atoms with van der Waals surface area (Å²) < 4.78 is 1.91. The van der Waals surface area contributed by atoms with Gasteiger partial charge in [0.25, 0.3) is 5.91 Å². The monoisotopic (exact) mass is 303 g/mol. The van der Waals surface area contributed by atoms with E-state index >= 15 is 0 Å². The normalized spacial score (nSPS) is 25.9. The highest BCUT2D eigenvalue weighted by atomic mass is 16.2. The first kappa shape index (κ1) is 15.6. The highest BCUT2D eigenvalue weighted by Crippen LogP contribution is 2.35. The summed E-state index contributed by atoms with van der Waals surface area (Å²) >= 11 is 0. The maximum Gasteiger partial charge on any atom is 0.257 e. The van der Waals surface area contributed by atoms with Crippen molar-refractivity contribution in [3.8, 4) is 0 Å². The molecule has 1 aliphatic carbocycles. The number of aromatic nitrogens is 2. The molecule has 2 aliphatic rings. The lowest BCUT2D eigenvalue weighted by Gasteiger charge is -2.38. The van der Waals surface area contributed by atoms with E-state index in [0.717, 1.165) is 31.0 Å². The van der Waals surface area contributed by atoms with Crippen molar-refractivity contribution in [2.75, 3.05) is 6.54 Å². The summed E-state index contributed by atoms with van der Waals surface area (Å²) in [6, 6.07) is 0.470. The van der Waals surface area contributed by atoms with Crippen LogP contribution in [0.2, 0.25) is 0 Å². The Morgan fingerprint density at radius 3 is 2.73 bits per heavy atom. The Bertz CT molecular complexity index is 508. The Balaban J connectivity index is 1.75. The zero-order valence-electron chi connectivity index (χ0n) is 14.0. The SMILES string of the molecule is CC(C)Cn1cc(C(=O)N2CCCC[C@H]3CCCC[C@@H]32)cn1. The van der Waals surface area contributed by atoms with E-state index in [1.165, 1.54) is 38.5 Å². The molecule has 2 fully saturated rings. The van der Waals surface area contributed by atoms with Crippen LogP contribution in [0.4, 0.5) is 0 Å². The lowest BCUT2D eigenvalue weighted by molar-refractivity contribution is 0.0569. The standard InChI is InChI=1S/C18H29N3O/c1-14(2)12-20-13-16(11-19-20)18(22)21-10-6-5-8-15-7-3-4-9-17(15)21/h11,13-15,17H,3-10,12H2,1-2H3/t15-,17+/m1/s1. The molecule has 1 amide bonds. The smallest absolute Gasteiger partial charge is 0.257 e. The van der Waals surface area contributed by atoms with E-state index in [1.807, 2.05) is 10.9 Å². The zero-order chi connectivity index (χ0) is 15.5. The first-order chi connectivity index (χ1) is 10.6. The fourth-order valence-corrected chi connectivity index (χ4v) is 4.16. The van der Waals surface area contributed by atoms with E-state index in [-0.39, 0.29) is 5.91 Å². The quantitative estimate of drug-likeness (QED) is 0.853. The summed E-state index contributed by atoms with van der Waals surface area (Å²) in [6.45, 7) is 6.14. The molecule has 4 heteroatoms. The molecule has 22 heavy (non-hydrogen) atoms. The number of likely N-dealkylation sites (tertiary alicyclic amines) is 1. The van der Waals surface area contributed by atoms with Crippen molar-refractivity contribution in [1.29, 1.82) is 0 Å². The Morgan fingerprint density at radius 1 is 1.23 bits per heavy atom. The minimum atomic E-state index is 0.203. The summed E-state index contributed by atoms with van der Waals surface area (Å²) in [4.78, 5) is 15.2. The Morgan fingerprint density at radius 2 is 1.95 bits per heavy atom. The van der Waals surface area contributed by atoms with Gasteiger partial charge in [0.15, 0.2) is 0 Å². The largest absolute Gasteiger partial charge is 0.335 e. The van der Waals surface area contributed by atoms with Gasteiger partial charge in [-0.1, -0.05) is 33.1 Å². The molecule has 0 unspecified atom stereocenters. The third kappa shape index (κ3) is 3.36. The number of hydrogen-bond acceptors (Lipinski definition) is 2. The van der Waals surface area contributed by atoms with Crippen LogP contribution in [0.15, 0.2) is 12.4 Å². The molecule has 0 radical (unpaired) electrons. The van der Waals surface area contributed by atoms with Crippen LogP contribution in [-0.4, -0.2) is 33.2 Å². The highest BCUT2D eigenvalue weighted by Gasteiger charge is 2.34. The summed E-state index contributed by atoms with van der Waals surface area (Å²) in [6.07, 6.45) is 12.5. The van der Waals surface area contributed by atoms with Gasteiger partial charge in [-0.05, 0) is 37.5 Å². The molecule has 2 heterocycles. The Labute approximate surface area is 133 Å². The zero-order valence-corrected chi connectivity index (χ0v) is 14.0. The number of fused-ring (bicyclic) bond motifs is 1. The first-order valence-electron chi connectivity index (χ1n) is 8.98. The van der Waals surface area contributed by atoms with Crippen molar-refractivity contribution >= 4 is 5.91 Å². The third-order valence-corrected chi connectivity index (χ3v) is 5.19. The van der Waals surface area contributed by atoms with Gasteiger partial charge < -0.3 is 4.90 Å². The van der Waals surface area contributed by atoms with Crippen molar-refractivity contribution in [2.24, 2.45) is 11.8 Å². The van der Waals surface area contributed by atoms with E-state index in [4.69, 9.17) is 0 Å². The van der Waals surface area contributed by atoms with Crippen LogP contribution in [0.25, 0.3) is 0 Å². The van der Waals surface area contributed by atoms with Crippen LogP contribution in [0, 0.1) is 11.8 Å². The number of rotatable bonds is 3. The summed E-state index contributed by atoms with van der Waals surface area (Å²) in [5.41, 5.74) is 0.770. The number of amides is 1. The van der Waals surface area contributed by atoms with Gasteiger partial charge in [-0.3, -0.25) is 9.48 Å². The van der Waals surface area contributed by atoms with Crippen LogP contribution in [-0.2, 0) is 6.54 Å². The number of hydrogen-bond donors (Lipinski definition) is 0. The second kappa shape index (κ2) is 6.84. The van der Waals surface area contributed by atoms with E-state index in [2.05, 4.69) is 23.8 Å². The van der Waals surface area contributed by atoms with Crippen molar-refractivity contribution in [1.82, 2.24) is 14.7 Å². The van der Waals surface area contributed by atoms with E-state index in [9.17, 15) is 4.79 Å². The van der Waals surface area contributed by atoms with E-state index < -0.39 is 0 Å². The number of nitrogens with zero attached hydrogens (tertiary/aromatic N) is 3. The highest BCUT2D eigenvalue weighted by molar-refractivity contribution is 5.94. The number of carbonyl (C=O) groups is 1. The molecular weight excluding hydrogens is 274 g/mol. The van der Waals surface area contributed by atoms with Crippen LogP contribution in [0.5, 0.6) is 0 Å². The Hall–Kier alpha value is -1.32. The lowest BCUT2D eigenvalue weighted by Crippen LogP contribution is -2.45. The van der Waals surface area contributed by atoms with Gasteiger partial charge in [-0.15, -0.1) is 0 Å². The van der Waals surface area contributed by atoms with Crippen molar-refractivity contribution < 1.29 is 4.79 Å². The van der Waals surface area contributed by atoms with Crippen LogP contribution in [0.3, 0.4) is 0 Å². The predicted molar refractivity (Wildman–Crippen MR) is 87.7 cm³/mol. The van der Waals surface area contributed by atoms with Crippen molar-refractivity contribution in [2.45, 2.75) is 71.4 Å². The molecular formula is C18H29N3O. The molecule has 4 nitrogen and oxygen atoms in total. The van der Waals surface area contributed by atoms with E-state index in [1.54, 1.807) is 6.20 Å². The van der Waals surface area contributed by atoms with E-state index in [0.29, 0.717) is 12.0 Å². The molecule has 1 aliphatic heterocycles. The molecule has 0 N–H and O–H groups in total. The number of carbonyl (C=O) groups excluding carboxylic acids is 1. The summed E-state index contributed by atoms with van der Waals surface area (Å²) in [5, 5.41) is 4.37. The van der Waals surface area contributed by atoms with Crippen molar-refractivity contribution in [3.05, 3.63) is 18.0 Å². The molecule has 0 aromatic carbocycles. The lowest BCUT2D eigenvalue weighted by atomic mass is 9.81. The van der Waals surface area contributed by atoms with Gasteiger partial charge in [0.2, 0.25) is 0 Å². The average Bonchev–Trinajstić information content (AvgIpc) is 2.84. The molecule has 0 spiro atoms. The fraction of sp³-hybridized carbons (Fsp3) is 0.778. The minimum absolute atomic E-state index is 0.203. The summed E-state index contributed by atoms with van der Waals surface area (Å²) in [5.74, 6) is 1.48. The molecule has 0 bridgehead atoms. The van der Waals surface area contributed by atoms with Gasteiger partial charge in [0.1, 0.15) is 0 Å². The maximum atomic E-state index is 13.0. The third-order valence-electron chi connectivity index (χ3n) is 5.19. The predicted octanol–water partition coefficient (Wildman–Crippen LogP) is 3.72. The second-order valence-electron chi connectivity index (χ2n) is 7.45. The molecule has 122 valence electrons. The van der Waals surface area contributed by atoms with Gasteiger partial charge in [-0.2, -0.15) is 5.10 Å². The molecule has 1 saturated carbocycles. The summed E-state index contributed by atoms with van der Waals surface area (Å²) in [7, 11) is 0. The molecule has 3 rings (SSSR count). The van der Waals surface area contributed by atoms with Crippen molar-refractivity contribution in [3.63, 3.8) is 0 Å². The van der Waals surface area contributed by atoms with Gasteiger partial charge in [-0.25, -0.2) is 0 Å². The topological polar surface area (TPSA) is 38.1 Å². The fourth-order valence-electron chi connectivity index (χ4n) is 4.16. The van der Waals surface area contributed by atoms with Crippen LogP contribution in [0.1, 0.15) is 69.2 Å². The minimum Gasteiger partial charge on any atom is -0.335 e. The van der Waals surface area contributed by atoms with Crippen LogP contribution < -0.4 is 0 Å². The molecule has 1 aromatic rings. The van der Waals surface area contributed by atoms with Gasteiger partial charge in [0, 0.05) is 25.3 Å². The van der Waals surface area contributed by atoms with Crippen LogP contribution >= 0.6 is 0 Å². The maximum absolute atomic E-state index is 13.0. The van der Waals surface area contributed by atoms with Gasteiger partial charge >= 0.3 is 0 Å². The second-order valence-corrected chi connectivity index (χ2v) is 7.45. The first-order valence-corrected chi connectivity index (χ1v) is 8.98. The molecule has 1 saturated heterocycles.